The topological polar surface area (TPSA) is 70.2 Å². The van der Waals surface area contributed by atoms with Gasteiger partial charge in [0.1, 0.15) is 0 Å². The van der Waals surface area contributed by atoms with E-state index in [0.29, 0.717) is 24.0 Å². The molecule has 1 amide bonds. The van der Waals surface area contributed by atoms with E-state index in [1.165, 1.54) is 18.0 Å². The van der Waals surface area contributed by atoms with Crippen LogP contribution in [0.25, 0.3) is 0 Å². The third kappa shape index (κ3) is 5.03. The summed E-state index contributed by atoms with van der Waals surface area (Å²) < 4.78 is 0. The van der Waals surface area contributed by atoms with E-state index >= 15 is 0 Å². The van der Waals surface area contributed by atoms with Crippen molar-refractivity contribution in [2.24, 2.45) is 0 Å². The van der Waals surface area contributed by atoms with E-state index in [1.807, 2.05) is 37.2 Å². The van der Waals surface area contributed by atoms with Crippen molar-refractivity contribution in [3.63, 3.8) is 0 Å². The number of likely N-dealkylation sites (N-methyl/N-ethyl adjacent to an activating group) is 1. The van der Waals surface area contributed by atoms with Crippen molar-refractivity contribution < 1.29 is 4.79 Å². The molecule has 2 rings (SSSR count). The van der Waals surface area contributed by atoms with Gasteiger partial charge in [-0.25, -0.2) is 9.97 Å². The highest BCUT2D eigenvalue weighted by Gasteiger charge is 2.09. The Morgan fingerprint density at radius 3 is 2.46 bits per heavy atom. The predicted molar refractivity (Wildman–Crippen MR) is 96.7 cm³/mol. The first kappa shape index (κ1) is 17.9. The lowest BCUT2D eigenvalue weighted by molar-refractivity contribution is 0.0950. The molecule has 0 spiro atoms. The summed E-state index contributed by atoms with van der Waals surface area (Å²) in [5.41, 5.74) is 2.64. The zero-order valence-electron chi connectivity index (χ0n) is 14.7. The SMILES string of the molecule is CC(C)c1ccccc1Nc1ncc(C(=O)NCCN(C)C)cn1. The average Bonchev–Trinajstić information content (AvgIpc) is 2.55. The zero-order chi connectivity index (χ0) is 17.5. The van der Waals surface area contributed by atoms with Crippen LogP contribution in [0.4, 0.5) is 11.6 Å². The molecule has 0 radical (unpaired) electrons. The van der Waals surface area contributed by atoms with E-state index in [9.17, 15) is 4.79 Å². The lowest BCUT2D eigenvalue weighted by Gasteiger charge is -2.13. The number of aromatic nitrogens is 2. The Morgan fingerprint density at radius 1 is 1.17 bits per heavy atom. The van der Waals surface area contributed by atoms with Crippen LogP contribution < -0.4 is 10.6 Å². The molecule has 2 aromatic rings. The lowest BCUT2D eigenvalue weighted by atomic mass is 10.0. The predicted octanol–water partition coefficient (Wildman–Crippen LogP) is 2.64. The maximum Gasteiger partial charge on any atom is 0.254 e. The van der Waals surface area contributed by atoms with Crippen molar-refractivity contribution in [3.8, 4) is 0 Å². The summed E-state index contributed by atoms with van der Waals surface area (Å²) in [7, 11) is 3.93. The van der Waals surface area contributed by atoms with E-state index in [0.717, 1.165) is 12.2 Å². The summed E-state index contributed by atoms with van der Waals surface area (Å²) in [6.07, 6.45) is 3.08. The van der Waals surface area contributed by atoms with Gasteiger partial charge in [0.05, 0.1) is 5.56 Å². The summed E-state index contributed by atoms with van der Waals surface area (Å²) in [6.45, 7) is 5.66. The second kappa shape index (κ2) is 8.40. The van der Waals surface area contributed by atoms with Gasteiger partial charge in [-0.05, 0) is 31.6 Å². The van der Waals surface area contributed by atoms with Gasteiger partial charge in [0, 0.05) is 31.2 Å². The Labute approximate surface area is 143 Å². The van der Waals surface area contributed by atoms with Gasteiger partial charge in [0.15, 0.2) is 0 Å². The number of carbonyl (C=O) groups is 1. The summed E-state index contributed by atoms with van der Waals surface area (Å²) >= 11 is 0. The van der Waals surface area contributed by atoms with Crippen molar-refractivity contribution in [1.29, 1.82) is 0 Å². The first-order valence-electron chi connectivity index (χ1n) is 8.08. The minimum absolute atomic E-state index is 0.161. The molecule has 0 saturated carbocycles. The molecule has 0 aliphatic rings. The molecule has 0 atom stereocenters. The molecule has 0 saturated heterocycles. The summed E-state index contributed by atoms with van der Waals surface area (Å²) in [4.78, 5) is 22.5. The molecule has 128 valence electrons. The van der Waals surface area contributed by atoms with Crippen LogP contribution in [0, 0.1) is 0 Å². The molecule has 6 heteroatoms. The molecular formula is C18H25N5O. The van der Waals surface area contributed by atoms with Crippen molar-refractivity contribution >= 4 is 17.5 Å². The van der Waals surface area contributed by atoms with Crippen LogP contribution in [0.1, 0.15) is 35.7 Å². The van der Waals surface area contributed by atoms with E-state index in [4.69, 9.17) is 0 Å². The molecule has 0 aliphatic heterocycles. The van der Waals surface area contributed by atoms with Crippen LogP contribution in [0.5, 0.6) is 0 Å². The number of rotatable bonds is 7. The molecule has 1 heterocycles. The molecule has 0 fully saturated rings. The summed E-state index contributed by atoms with van der Waals surface area (Å²) in [5, 5.41) is 6.06. The Kier molecular flexibility index (Phi) is 6.26. The number of hydrogen-bond acceptors (Lipinski definition) is 5. The largest absolute Gasteiger partial charge is 0.351 e. The van der Waals surface area contributed by atoms with Gasteiger partial charge in [-0.15, -0.1) is 0 Å². The Balaban J connectivity index is 2.01. The highest BCUT2D eigenvalue weighted by molar-refractivity contribution is 5.93. The van der Waals surface area contributed by atoms with Crippen LogP contribution in [0.3, 0.4) is 0 Å². The highest BCUT2D eigenvalue weighted by atomic mass is 16.1. The number of amides is 1. The number of para-hydroxylation sites is 1. The lowest BCUT2D eigenvalue weighted by Crippen LogP contribution is -2.31. The third-order valence-electron chi connectivity index (χ3n) is 3.59. The van der Waals surface area contributed by atoms with E-state index < -0.39 is 0 Å². The average molecular weight is 327 g/mol. The monoisotopic (exact) mass is 327 g/mol. The number of anilines is 2. The van der Waals surface area contributed by atoms with Crippen molar-refractivity contribution in [2.45, 2.75) is 19.8 Å². The van der Waals surface area contributed by atoms with Crippen LogP contribution in [0.2, 0.25) is 0 Å². The summed E-state index contributed by atoms with van der Waals surface area (Å²) in [6, 6.07) is 8.07. The molecule has 0 aliphatic carbocycles. The molecule has 2 N–H and O–H groups in total. The highest BCUT2D eigenvalue weighted by Crippen LogP contribution is 2.25. The van der Waals surface area contributed by atoms with Crippen molar-refractivity contribution in [1.82, 2.24) is 20.2 Å². The maximum atomic E-state index is 12.0. The first-order chi connectivity index (χ1) is 11.5. The van der Waals surface area contributed by atoms with E-state index in [2.05, 4.69) is 40.5 Å². The van der Waals surface area contributed by atoms with Gasteiger partial charge in [-0.3, -0.25) is 4.79 Å². The molecule has 6 nitrogen and oxygen atoms in total. The minimum atomic E-state index is -0.161. The fourth-order valence-electron chi connectivity index (χ4n) is 2.24. The van der Waals surface area contributed by atoms with Crippen LogP contribution in [-0.2, 0) is 0 Å². The number of benzene rings is 1. The van der Waals surface area contributed by atoms with Gasteiger partial charge in [-0.2, -0.15) is 0 Å². The van der Waals surface area contributed by atoms with E-state index in [1.54, 1.807) is 0 Å². The maximum absolute atomic E-state index is 12.0. The van der Waals surface area contributed by atoms with Crippen molar-refractivity contribution in [3.05, 3.63) is 47.8 Å². The van der Waals surface area contributed by atoms with Crippen LogP contribution in [0.15, 0.2) is 36.7 Å². The number of carbonyl (C=O) groups excluding carboxylic acids is 1. The zero-order valence-corrected chi connectivity index (χ0v) is 14.7. The molecule has 0 unspecified atom stereocenters. The molecule has 1 aromatic heterocycles. The first-order valence-corrected chi connectivity index (χ1v) is 8.08. The molecule has 1 aromatic carbocycles. The van der Waals surface area contributed by atoms with Gasteiger partial charge < -0.3 is 15.5 Å². The summed E-state index contributed by atoms with van der Waals surface area (Å²) in [5.74, 6) is 0.717. The molecule has 0 bridgehead atoms. The fourth-order valence-corrected chi connectivity index (χ4v) is 2.24. The molecule has 24 heavy (non-hydrogen) atoms. The number of nitrogens with one attached hydrogen (secondary N) is 2. The van der Waals surface area contributed by atoms with Gasteiger partial charge in [0.25, 0.3) is 5.91 Å². The van der Waals surface area contributed by atoms with Crippen LogP contribution >= 0.6 is 0 Å². The Morgan fingerprint density at radius 2 is 1.83 bits per heavy atom. The van der Waals surface area contributed by atoms with Gasteiger partial charge in [0.2, 0.25) is 5.95 Å². The number of nitrogens with zero attached hydrogens (tertiary/aromatic N) is 3. The quantitative estimate of drug-likeness (QED) is 0.818. The normalized spacial score (nSPS) is 10.9. The van der Waals surface area contributed by atoms with Crippen molar-refractivity contribution in [2.75, 3.05) is 32.5 Å². The number of hydrogen-bond donors (Lipinski definition) is 2. The minimum Gasteiger partial charge on any atom is -0.351 e. The second-order valence-electron chi connectivity index (χ2n) is 6.22. The molecular weight excluding hydrogens is 302 g/mol. The third-order valence-corrected chi connectivity index (χ3v) is 3.59. The van der Waals surface area contributed by atoms with Gasteiger partial charge in [-0.1, -0.05) is 32.0 Å². The standard InChI is InChI=1S/C18H25N5O/c1-13(2)15-7-5-6-8-16(15)22-18-20-11-14(12-21-18)17(24)19-9-10-23(3)4/h5-8,11-13H,9-10H2,1-4H3,(H,19,24)(H,20,21,22). The van der Waals surface area contributed by atoms with E-state index in [-0.39, 0.29) is 5.91 Å². The van der Waals surface area contributed by atoms with Crippen LogP contribution in [-0.4, -0.2) is 48.0 Å². The van der Waals surface area contributed by atoms with Gasteiger partial charge >= 0.3 is 0 Å². The Hall–Kier alpha value is -2.47. The smallest absolute Gasteiger partial charge is 0.254 e. The fraction of sp³-hybridized carbons (Fsp3) is 0.389. The second-order valence-corrected chi connectivity index (χ2v) is 6.22. The Bertz CT molecular complexity index is 667.